The lowest BCUT2D eigenvalue weighted by atomic mass is 9.71. The van der Waals surface area contributed by atoms with Gasteiger partial charge in [0.05, 0.1) is 12.7 Å². The maximum absolute atomic E-state index is 13.5. The Balaban J connectivity index is 1.19. The van der Waals surface area contributed by atoms with Crippen LogP contribution in [0.15, 0.2) is 66.7 Å². The number of aryl methyl sites for hydroxylation is 1. The van der Waals surface area contributed by atoms with Crippen LogP contribution in [0.2, 0.25) is 0 Å². The number of alkyl halides is 3. The molecule has 2 fully saturated rings. The molecule has 3 aromatic carbocycles. The van der Waals surface area contributed by atoms with Gasteiger partial charge in [0, 0.05) is 42.7 Å². The Morgan fingerprint density at radius 1 is 0.875 bits per heavy atom. The predicted octanol–water partition coefficient (Wildman–Crippen LogP) is 5.98. The topological polar surface area (TPSA) is 59.1 Å². The quantitative estimate of drug-likeness (QED) is 0.378. The number of likely N-dealkylation sites (tertiary alicyclic amines) is 2. The van der Waals surface area contributed by atoms with E-state index in [1.807, 2.05) is 48.2 Å². The summed E-state index contributed by atoms with van der Waals surface area (Å²) in [6, 6.07) is 17.6. The van der Waals surface area contributed by atoms with Gasteiger partial charge < -0.3 is 19.3 Å². The van der Waals surface area contributed by atoms with Gasteiger partial charge in [0.25, 0.3) is 11.8 Å². The van der Waals surface area contributed by atoms with E-state index in [1.165, 1.54) is 12.1 Å². The molecule has 6 nitrogen and oxygen atoms in total. The molecule has 5 rings (SSSR count). The van der Waals surface area contributed by atoms with Crippen LogP contribution in [0.25, 0.3) is 0 Å². The summed E-state index contributed by atoms with van der Waals surface area (Å²) in [5.41, 5.74) is 1.76. The van der Waals surface area contributed by atoms with Gasteiger partial charge in [-0.05, 0) is 67.3 Å². The Morgan fingerprint density at radius 3 is 2.12 bits per heavy atom. The third kappa shape index (κ3) is 5.64. The molecule has 2 amide bonds. The number of rotatable bonds is 6. The molecular weight excluding hydrogens is 521 g/mol. The van der Waals surface area contributed by atoms with Crippen molar-refractivity contribution in [3.63, 3.8) is 0 Å². The first-order chi connectivity index (χ1) is 19.1. The molecule has 0 saturated carbocycles. The Morgan fingerprint density at radius 2 is 1.52 bits per heavy atom. The Labute approximate surface area is 231 Å². The standard InChI is InChI=1S/C31H31F3N2O4/c1-21-16-26(39-2)27(40-18-22-6-4-3-5-7-22)17-25(21)29(38)35-14-12-30(13-15-35)19-36(20-30)28(37)23-8-10-24(11-9-23)31(32,33)34/h3-11,16-17H,12-15,18-20H2,1-2H3. The van der Waals surface area contributed by atoms with Crippen molar-refractivity contribution in [2.45, 2.75) is 32.5 Å². The van der Waals surface area contributed by atoms with Gasteiger partial charge in [0.2, 0.25) is 0 Å². The second-order valence-electron chi connectivity index (χ2n) is 10.6. The third-order valence-corrected chi connectivity index (χ3v) is 7.89. The molecule has 2 aliphatic heterocycles. The first-order valence-electron chi connectivity index (χ1n) is 13.2. The summed E-state index contributed by atoms with van der Waals surface area (Å²) < 4.78 is 50.0. The van der Waals surface area contributed by atoms with Gasteiger partial charge in [-0.2, -0.15) is 13.2 Å². The summed E-state index contributed by atoms with van der Waals surface area (Å²) in [5, 5.41) is 0. The van der Waals surface area contributed by atoms with E-state index in [-0.39, 0.29) is 22.8 Å². The van der Waals surface area contributed by atoms with Crippen molar-refractivity contribution in [2.75, 3.05) is 33.3 Å². The van der Waals surface area contributed by atoms with Gasteiger partial charge >= 0.3 is 6.18 Å². The van der Waals surface area contributed by atoms with Gasteiger partial charge in [0.1, 0.15) is 6.61 Å². The number of methoxy groups -OCH3 is 1. The minimum absolute atomic E-state index is 0.0722. The number of carbonyl (C=O) groups excluding carboxylic acids is 2. The lowest BCUT2D eigenvalue weighted by Gasteiger charge is -2.54. The van der Waals surface area contributed by atoms with Gasteiger partial charge in [-0.15, -0.1) is 0 Å². The number of carbonyl (C=O) groups is 2. The molecule has 40 heavy (non-hydrogen) atoms. The van der Waals surface area contributed by atoms with E-state index in [0.717, 1.165) is 36.1 Å². The maximum Gasteiger partial charge on any atom is 0.416 e. The summed E-state index contributed by atoms with van der Waals surface area (Å²) in [7, 11) is 1.57. The molecule has 0 aromatic heterocycles. The minimum atomic E-state index is -4.44. The van der Waals surface area contributed by atoms with Crippen molar-refractivity contribution in [1.82, 2.24) is 9.80 Å². The molecule has 0 unspecified atom stereocenters. The largest absolute Gasteiger partial charge is 0.493 e. The first kappa shape index (κ1) is 27.6. The zero-order valence-corrected chi connectivity index (χ0v) is 22.5. The van der Waals surface area contributed by atoms with E-state index < -0.39 is 11.7 Å². The van der Waals surface area contributed by atoms with Crippen LogP contribution >= 0.6 is 0 Å². The number of piperidine rings is 1. The molecule has 0 N–H and O–H groups in total. The van der Waals surface area contributed by atoms with E-state index in [9.17, 15) is 22.8 Å². The number of benzene rings is 3. The summed E-state index contributed by atoms with van der Waals surface area (Å²) in [6.45, 7) is 4.42. The predicted molar refractivity (Wildman–Crippen MR) is 143 cm³/mol. The van der Waals surface area contributed by atoms with E-state index in [0.29, 0.717) is 49.8 Å². The average Bonchev–Trinajstić information content (AvgIpc) is 2.94. The van der Waals surface area contributed by atoms with Crippen LogP contribution in [0.5, 0.6) is 11.5 Å². The third-order valence-electron chi connectivity index (χ3n) is 7.89. The first-order valence-corrected chi connectivity index (χ1v) is 13.2. The van der Waals surface area contributed by atoms with Crippen LogP contribution in [-0.2, 0) is 12.8 Å². The fraction of sp³-hybridized carbons (Fsp3) is 0.355. The van der Waals surface area contributed by atoms with E-state index in [2.05, 4.69) is 0 Å². The highest BCUT2D eigenvalue weighted by Crippen LogP contribution is 2.42. The summed E-state index contributed by atoms with van der Waals surface area (Å²) >= 11 is 0. The number of nitrogens with zero attached hydrogens (tertiary/aromatic N) is 2. The summed E-state index contributed by atoms with van der Waals surface area (Å²) in [5.74, 6) is 0.728. The van der Waals surface area contributed by atoms with Crippen molar-refractivity contribution >= 4 is 11.8 Å². The zero-order chi connectivity index (χ0) is 28.5. The number of halogens is 3. The fourth-order valence-corrected chi connectivity index (χ4v) is 5.46. The highest BCUT2D eigenvalue weighted by molar-refractivity contribution is 5.97. The average molecular weight is 553 g/mol. The van der Waals surface area contributed by atoms with Gasteiger partial charge in [-0.25, -0.2) is 0 Å². The smallest absolute Gasteiger partial charge is 0.416 e. The molecule has 0 aliphatic carbocycles. The van der Waals surface area contributed by atoms with Gasteiger partial charge in [-0.3, -0.25) is 9.59 Å². The Hall–Kier alpha value is -4.01. The number of hydrogen-bond donors (Lipinski definition) is 0. The van der Waals surface area contributed by atoms with Crippen LogP contribution < -0.4 is 9.47 Å². The normalized spacial score (nSPS) is 16.4. The highest BCUT2D eigenvalue weighted by atomic mass is 19.4. The summed E-state index contributed by atoms with van der Waals surface area (Å²) in [4.78, 5) is 29.8. The fourth-order valence-electron chi connectivity index (χ4n) is 5.46. The van der Waals surface area contributed by atoms with Crippen LogP contribution in [0.1, 0.15) is 50.2 Å². The lowest BCUT2D eigenvalue weighted by molar-refractivity contribution is -0.137. The molecule has 2 saturated heterocycles. The van der Waals surface area contributed by atoms with Crippen molar-refractivity contribution < 1.29 is 32.2 Å². The van der Waals surface area contributed by atoms with Crippen LogP contribution in [-0.4, -0.2) is 54.9 Å². The van der Waals surface area contributed by atoms with Crippen molar-refractivity contribution in [3.05, 3.63) is 94.5 Å². The van der Waals surface area contributed by atoms with E-state index in [4.69, 9.17) is 9.47 Å². The van der Waals surface area contributed by atoms with E-state index in [1.54, 1.807) is 18.1 Å². The Bertz CT molecular complexity index is 1370. The molecule has 2 heterocycles. The SMILES string of the molecule is COc1cc(C)c(C(=O)N2CCC3(CC2)CN(C(=O)c2ccc(C(F)(F)F)cc2)C3)cc1OCc1ccccc1. The molecule has 3 aromatic rings. The maximum atomic E-state index is 13.5. The monoisotopic (exact) mass is 552 g/mol. The highest BCUT2D eigenvalue weighted by Gasteiger charge is 2.47. The molecular formula is C31H31F3N2O4. The van der Waals surface area contributed by atoms with Crippen molar-refractivity contribution in [1.29, 1.82) is 0 Å². The molecule has 0 atom stereocenters. The van der Waals surface area contributed by atoms with Crippen LogP contribution in [0, 0.1) is 12.3 Å². The second kappa shape index (κ2) is 10.9. The van der Waals surface area contributed by atoms with Gasteiger partial charge in [0.15, 0.2) is 11.5 Å². The molecule has 210 valence electrons. The molecule has 0 radical (unpaired) electrons. The van der Waals surface area contributed by atoms with Crippen LogP contribution in [0.3, 0.4) is 0 Å². The number of hydrogen-bond acceptors (Lipinski definition) is 4. The number of amides is 2. The van der Waals surface area contributed by atoms with Crippen LogP contribution in [0.4, 0.5) is 13.2 Å². The summed E-state index contributed by atoms with van der Waals surface area (Å²) in [6.07, 6.45) is -2.93. The molecule has 9 heteroatoms. The van der Waals surface area contributed by atoms with Gasteiger partial charge in [-0.1, -0.05) is 30.3 Å². The molecule has 2 aliphatic rings. The zero-order valence-electron chi connectivity index (χ0n) is 22.5. The lowest BCUT2D eigenvalue weighted by Crippen LogP contribution is -2.62. The number of ether oxygens (including phenoxy) is 2. The second-order valence-corrected chi connectivity index (χ2v) is 10.6. The van der Waals surface area contributed by atoms with Crippen molar-refractivity contribution in [3.8, 4) is 11.5 Å². The minimum Gasteiger partial charge on any atom is -0.493 e. The van der Waals surface area contributed by atoms with Crippen molar-refractivity contribution in [2.24, 2.45) is 5.41 Å². The molecule has 0 bridgehead atoms. The van der Waals surface area contributed by atoms with E-state index >= 15 is 0 Å². The Kier molecular flexibility index (Phi) is 7.49. The molecule has 1 spiro atoms.